The number of hydrogen-bond donors (Lipinski definition) is 2. The molecule has 6 heteroatoms. The lowest BCUT2D eigenvalue weighted by atomic mass is 10.1. The molecule has 1 aromatic carbocycles. The van der Waals surface area contributed by atoms with Gasteiger partial charge in [0.2, 0.25) is 0 Å². The van der Waals surface area contributed by atoms with Crippen molar-refractivity contribution in [3.05, 3.63) is 34.1 Å². The Hall–Kier alpha value is -0.530. The minimum absolute atomic E-state index is 0.207. The smallest absolute Gasteiger partial charge is 0.174 e. The second-order valence-electron chi connectivity index (χ2n) is 3.99. The summed E-state index contributed by atoms with van der Waals surface area (Å²) >= 11 is 3.34. The number of halogens is 2. The van der Waals surface area contributed by atoms with Crippen molar-refractivity contribution in [3.63, 3.8) is 0 Å². The van der Waals surface area contributed by atoms with E-state index in [-0.39, 0.29) is 11.9 Å². The zero-order valence-electron chi connectivity index (χ0n) is 11.2. The molecule has 1 aromatic rings. The third-order valence-electron chi connectivity index (χ3n) is 2.66. The van der Waals surface area contributed by atoms with Gasteiger partial charge in [-0.15, -0.1) is 0 Å². The normalized spacial score (nSPS) is 12.9. The summed E-state index contributed by atoms with van der Waals surface area (Å²) < 4.78 is 24.8. The van der Waals surface area contributed by atoms with E-state index in [0.717, 1.165) is 5.56 Å². The molecule has 0 spiro atoms. The van der Waals surface area contributed by atoms with E-state index >= 15 is 0 Å². The first-order valence-corrected chi connectivity index (χ1v) is 7.04. The summed E-state index contributed by atoms with van der Waals surface area (Å²) in [6.45, 7) is 4.86. The van der Waals surface area contributed by atoms with Crippen LogP contribution in [0.25, 0.3) is 0 Å². The van der Waals surface area contributed by atoms with E-state index in [0.29, 0.717) is 24.1 Å². The van der Waals surface area contributed by atoms with Crippen LogP contribution in [-0.4, -0.2) is 25.5 Å². The molecule has 0 amide bonds. The average Bonchev–Trinajstić information content (AvgIpc) is 2.38. The van der Waals surface area contributed by atoms with Crippen LogP contribution in [-0.2, 0) is 15.9 Å². The number of nitrogens with two attached hydrogens (primary N) is 1. The van der Waals surface area contributed by atoms with Crippen molar-refractivity contribution in [1.29, 1.82) is 0 Å². The van der Waals surface area contributed by atoms with Crippen LogP contribution in [0, 0.1) is 5.82 Å². The van der Waals surface area contributed by atoms with E-state index in [9.17, 15) is 4.39 Å². The lowest BCUT2D eigenvalue weighted by molar-refractivity contribution is -0.153. The summed E-state index contributed by atoms with van der Waals surface area (Å²) in [6.07, 6.45) is 0.138. The number of ether oxygens (including phenoxy) is 2. The van der Waals surface area contributed by atoms with Crippen molar-refractivity contribution in [2.45, 2.75) is 32.6 Å². The third kappa shape index (κ3) is 5.16. The number of hydrogen-bond acceptors (Lipinski definition) is 4. The fourth-order valence-corrected chi connectivity index (χ4v) is 2.28. The lowest BCUT2D eigenvalue weighted by Gasteiger charge is -2.26. The molecule has 0 heterocycles. The van der Waals surface area contributed by atoms with Gasteiger partial charge in [0.15, 0.2) is 6.29 Å². The van der Waals surface area contributed by atoms with E-state index in [4.69, 9.17) is 15.3 Å². The largest absolute Gasteiger partial charge is 0.351 e. The molecule has 4 nitrogen and oxygen atoms in total. The van der Waals surface area contributed by atoms with Crippen LogP contribution >= 0.6 is 15.9 Å². The van der Waals surface area contributed by atoms with Crippen molar-refractivity contribution < 1.29 is 13.9 Å². The van der Waals surface area contributed by atoms with Crippen molar-refractivity contribution in [2.24, 2.45) is 5.84 Å². The Balaban J connectivity index is 2.78. The summed E-state index contributed by atoms with van der Waals surface area (Å²) in [5.74, 6) is 5.28. The number of nitrogens with one attached hydrogen (secondary N) is 1. The molecule has 3 N–H and O–H groups in total. The molecule has 1 atom stereocenters. The zero-order chi connectivity index (χ0) is 14.3. The minimum atomic E-state index is -0.433. The van der Waals surface area contributed by atoms with Gasteiger partial charge in [0.25, 0.3) is 0 Å². The standard InChI is InChI=1S/C13H20BrFN2O2/c1-3-18-13(19-4-2)12(17-16)7-9-5-6-10(15)8-11(9)14/h5-6,8,12-13,17H,3-4,7,16H2,1-2H3. The average molecular weight is 335 g/mol. The van der Waals surface area contributed by atoms with Crippen LogP contribution in [0.3, 0.4) is 0 Å². The fourth-order valence-electron chi connectivity index (χ4n) is 1.77. The second-order valence-corrected chi connectivity index (χ2v) is 4.85. The molecule has 0 aromatic heterocycles. The van der Waals surface area contributed by atoms with Crippen LogP contribution in [0.4, 0.5) is 4.39 Å². The SMILES string of the molecule is CCOC(OCC)C(Cc1ccc(F)cc1Br)NN. The fraction of sp³-hybridized carbons (Fsp3) is 0.538. The lowest BCUT2D eigenvalue weighted by Crippen LogP contribution is -2.48. The Morgan fingerprint density at radius 3 is 2.42 bits per heavy atom. The molecule has 0 aliphatic heterocycles. The molecule has 108 valence electrons. The quantitative estimate of drug-likeness (QED) is 0.435. The van der Waals surface area contributed by atoms with Gasteiger partial charge in [0, 0.05) is 17.7 Å². The van der Waals surface area contributed by atoms with Crippen LogP contribution in [0.15, 0.2) is 22.7 Å². The van der Waals surface area contributed by atoms with E-state index in [1.807, 2.05) is 13.8 Å². The van der Waals surface area contributed by atoms with Crippen molar-refractivity contribution >= 4 is 15.9 Å². The van der Waals surface area contributed by atoms with Crippen LogP contribution in [0.2, 0.25) is 0 Å². The molecule has 0 fully saturated rings. The Bertz CT molecular complexity index is 387. The molecule has 0 saturated heterocycles. The molecule has 0 radical (unpaired) electrons. The Morgan fingerprint density at radius 1 is 1.32 bits per heavy atom. The Labute approximate surface area is 121 Å². The molecule has 0 saturated carbocycles. The van der Waals surface area contributed by atoms with Crippen molar-refractivity contribution in [2.75, 3.05) is 13.2 Å². The number of benzene rings is 1. The van der Waals surface area contributed by atoms with Crippen LogP contribution in [0.1, 0.15) is 19.4 Å². The van der Waals surface area contributed by atoms with E-state index in [2.05, 4.69) is 21.4 Å². The molecule has 1 rings (SSSR count). The summed E-state index contributed by atoms with van der Waals surface area (Å²) in [5.41, 5.74) is 3.64. The van der Waals surface area contributed by atoms with E-state index in [1.54, 1.807) is 6.07 Å². The first-order chi connectivity index (χ1) is 9.12. The topological polar surface area (TPSA) is 56.5 Å². The van der Waals surface area contributed by atoms with E-state index < -0.39 is 6.29 Å². The van der Waals surface area contributed by atoms with Gasteiger partial charge in [-0.3, -0.25) is 11.3 Å². The summed E-state index contributed by atoms with van der Waals surface area (Å²) in [4.78, 5) is 0. The predicted octanol–water partition coefficient (Wildman–Crippen LogP) is 2.36. The second kappa shape index (κ2) is 8.60. The first kappa shape index (κ1) is 16.5. The maximum absolute atomic E-state index is 13.0. The summed E-state index contributed by atoms with van der Waals surface area (Å²) in [7, 11) is 0. The van der Waals surface area contributed by atoms with Gasteiger partial charge in [-0.1, -0.05) is 22.0 Å². The van der Waals surface area contributed by atoms with Gasteiger partial charge >= 0.3 is 0 Å². The highest BCUT2D eigenvalue weighted by Gasteiger charge is 2.22. The van der Waals surface area contributed by atoms with Crippen molar-refractivity contribution in [1.82, 2.24) is 5.43 Å². The van der Waals surface area contributed by atoms with Gasteiger partial charge in [-0.25, -0.2) is 4.39 Å². The number of hydrazine groups is 1. The monoisotopic (exact) mass is 334 g/mol. The Kier molecular flexibility index (Phi) is 7.48. The molecular formula is C13H20BrFN2O2. The molecule has 0 bridgehead atoms. The van der Waals surface area contributed by atoms with Gasteiger partial charge in [-0.2, -0.15) is 0 Å². The van der Waals surface area contributed by atoms with Gasteiger partial charge < -0.3 is 9.47 Å². The predicted molar refractivity (Wildman–Crippen MR) is 76.0 cm³/mol. The zero-order valence-corrected chi connectivity index (χ0v) is 12.7. The van der Waals surface area contributed by atoms with Gasteiger partial charge in [0.05, 0.1) is 6.04 Å². The highest BCUT2D eigenvalue weighted by atomic mass is 79.9. The van der Waals surface area contributed by atoms with Gasteiger partial charge in [0.1, 0.15) is 5.82 Å². The van der Waals surface area contributed by atoms with Crippen LogP contribution in [0.5, 0.6) is 0 Å². The summed E-state index contributed by atoms with van der Waals surface area (Å²) in [6, 6.07) is 4.36. The molecule has 0 aliphatic carbocycles. The first-order valence-electron chi connectivity index (χ1n) is 6.25. The highest BCUT2D eigenvalue weighted by Crippen LogP contribution is 2.20. The molecule has 19 heavy (non-hydrogen) atoms. The maximum atomic E-state index is 13.0. The maximum Gasteiger partial charge on any atom is 0.174 e. The Morgan fingerprint density at radius 2 is 1.95 bits per heavy atom. The molecular weight excluding hydrogens is 315 g/mol. The molecule has 0 aliphatic rings. The number of rotatable bonds is 8. The van der Waals surface area contributed by atoms with Gasteiger partial charge in [-0.05, 0) is 38.0 Å². The third-order valence-corrected chi connectivity index (χ3v) is 3.40. The van der Waals surface area contributed by atoms with Crippen LogP contribution < -0.4 is 11.3 Å². The summed E-state index contributed by atoms with van der Waals surface area (Å²) in [5, 5.41) is 0. The molecule has 1 unspecified atom stereocenters. The van der Waals surface area contributed by atoms with E-state index in [1.165, 1.54) is 12.1 Å². The minimum Gasteiger partial charge on any atom is -0.351 e. The van der Waals surface area contributed by atoms with Crippen molar-refractivity contribution in [3.8, 4) is 0 Å². The highest BCUT2D eigenvalue weighted by molar-refractivity contribution is 9.10.